The Kier molecular flexibility index (Phi) is 6.78. The van der Waals surface area contributed by atoms with E-state index in [1.807, 2.05) is 72.8 Å². The van der Waals surface area contributed by atoms with Crippen LogP contribution in [0.4, 0.5) is 5.69 Å². The van der Waals surface area contributed by atoms with Gasteiger partial charge in [-0.3, -0.25) is 4.79 Å². The summed E-state index contributed by atoms with van der Waals surface area (Å²) in [5, 5.41) is 24.6. The number of aliphatic hydroxyl groups is 1. The molecule has 0 spiro atoms. The van der Waals surface area contributed by atoms with Gasteiger partial charge in [-0.15, -0.1) is 0 Å². The lowest BCUT2D eigenvalue weighted by Gasteiger charge is -2.16. The predicted octanol–water partition coefficient (Wildman–Crippen LogP) is 5.85. The van der Waals surface area contributed by atoms with Gasteiger partial charge in [-0.2, -0.15) is 0 Å². The van der Waals surface area contributed by atoms with Gasteiger partial charge in [-0.25, -0.2) is 0 Å². The Labute approximate surface area is 213 Å². The second-order valence-corrected chi connectivity index (χ2v) is 8.54. The molecule has 0 unspecified atom stereocenters. The van der Waals surface area contributed by atoms with Crippen LogP contribution in [0.5, 0.6) is 23.0 Å². The fourth-order valence-corrected chi connectivity index (χ4v) is 4.24. The molecule has 37 heavy (non-hydrogen) atoms. The monoisotopic (exact) mass is 494 g/mol. The number of rotatable bonds is 8. The number of aromatic nitrogens is 1. The summed E-state index contributed by atoms with van der Waals surface area (Å²) in [4.78, 5) is 14.2. The Morgan fingerprint density at radius 2 is 1.65 bits per heavy atom. The Morgan fingerprint density at radius 1 is 0.892 bits per heavy atom. The number of ether oxygens (including phenoxy) is 2. The van der Waals surface area contributed by atoms with Crippen LogP contribution in [-0.2, 0) is 0 Å². The SMILES string of the molecule is COc1ccc(Oc2ccc(NC[C@H](O)c3ccc(O)c4[nH]c(=O)ccc34)cc2)cc1-c1ccccc1. The first kappa shape index (κ1) is 24.0. The summed E-state index contributed by atoms with van der Waals surface area (Å²) in [6, 6.07) is 29.2. The maximum atomic E-state index is 11.6. The van der Waals surface area contributed by atoms with Gasteiger partial charge in [-0.1, -0.05) is 36.4 Å². The summed E-state index contributed by atoms with van der Waals surface area (Å²) < 4.78 is 11.6. The second kappa shape index (κ2) is 10.5. The van der Waals surface area contributed by atoms with Gasteiger partial charge in [0.05, 0.1) is 18.7 Å². The highest BCUT2D eigenvalue weighted by molar-refractivity contribution is 5.87. The van der Waals surface area contributed by atoms with Gasteiger partial charge in [0, 0.05) is 29.2 Å². The fraction of sp³-hybridized carbons (Fsp3) is 0.100. The Bertz CT molecular complexity index is 1580. The summed E-state index contributed by atoms with van der Waals surface area (Å²) in [6.07, 6.45) is -0.861. The molecule has 0 aliphatic rings. The molecule has 0 saturated carbocycles. The van der Waals surface area contributed by atoms with Crippen LogP contribution in [0.1, 0.15) is 11.7 Å². The molecule has 0 aliphatic carbocycles. The lowest BCUT2D eigenvalue weighted by Crippen LogP contribution is -2.13. The molecule has 5 rings (SSSR count). The van der Waals surface area contributed by atoms with Crippen LogP contribution in [-0.4, -0.2) is 28.9 Å². The first-order valence-corrected chi connectivity index (χ1v) is 11.8. The number of aromatic amines is 1. The van der Waals surface area contributed by atoms with E-state index in [4.69, 9.17) is 9.47 Å². The number of phenols is 1. The summed E-state index contributed by atoms with van der Waals surface area (Å²) >= 11 is 0. The van der Waals surface area contributed by atoms with Crippen molar-refractivity contribution >= 4 is 16.6 Å². The molecule has 0 aliphatic heterocycles. The third-order valence-electron chi connectivity index (χ3n) is 6.11. The maximum absolute atomic E-state index is 11.6. The summed E-state index contributed by atoms with van der Waals surface area (Å²) in [5.74, 6) is 2.08. The quantitative estimate of drug-likeness (QED) is 0.216. The molecule has 0 radical (unpaired) electrons. The van der Waals surface area contributed by atoms with Gasteiger partial charge in [0.2, 0.25) is 5.56 Å². The van der Waals surface area contributed by atoms with E-state index in [1.165, 1.54) is 12.1 Å². The van der Waals surface area contributed by atoms with Crippen LogP contribution in [0.2, 0.25) is 0 Å². The standard InChI is InChI=1S/C30H26N2O5/c1-36-28-15-11-22(17-25(28)19-5-3-2-4-6-19)37-21-9-7-20(8-10-21)31-18-27(34)23-12-14-26(33)30-24(23)13-16-29(35)32-30/h2-17,27,31,33-34H,18H2,1H3,(H,32,35)/t27-/m0/s1. The number of H-pyrrole nitrogens is 1. The van der Waals surface area contributed by atoms with E-state index in [1.54, 1.807) is 19.2 Å². The summed E-state index contributed by atoms with van der Waals surface area (Å²) in [5.41, 5.74) is 3.38. The van der Waals surface area contributed by atoms with Crippen molar-refractivity contribution in [3.8, 4) is 34.1 Å². The van der Waals surface area contributed by atoms with Crippen LogP contribution in [0.15, 0.2) is 102 Å². The van der Waals surface area contributed by atoms with Crippen molar-refractivity contribution in [1.82, 2.24) is 4.98 Å². The van der Waals surface area contributed by atoms with Crippen molar-refractivity contribution < 1.29 is 19.7 Å². The van der Waals surface area contributed by atoms with Gasteiger partial charge >= 0.3 is 0 Å². The van der Waals surface area contributed by atoms with Crippen molar-refractivity contribution in [2.24, 2.45) is 0 Å². The van der Waals surface area contributed by atoms with E-state index in [2.05, 4.69) is 10.3 Å². The van der Waals surface area contributed by atoms with Crippen LogP contribution < -0.4 is 20.3 Å². The first-order valence-electron chi connectivity index (χ1n) is 11.8. The number of hydrogen-bond acceptors (Lipinski definition) is 6. The lowest BCUT2D eigenvalue weighted by molar-refractivity contribution is 0.193. The lowest BCUT2D eigenvalue weighted by atomic mass is 10.0. The molecule has 0 fully saturated rings. The largest absolute Gasteiger partial charge is 0.506 e. The maximum Gasteiger partial charge on any atom is 0.248 e. The van der Waals surface area contributed by atoms with Crippen LogP contribution in [0.25, 0.3) is 22.0 Å². The van der Waals surface area contributed by atoms with Crippen molar-refractivity contribution in [3.05, 3.63) is 113 Å². The molecular formula is C30H26N2O5. The van der Waals surface area contributed by atoms with Gasteiger partial charge in [-0.05, 0) is 65.7 Å². The van der Waals surface area contributed by atoms with Crippen molar-refractivity contribution in [3.63, 3.8) is 0 Å². The van der Waals surface area contributed by atoms with Gasteiger partial charge < -0.3 is 30.0 Å². The number of pyridine rings is 1. The molecule has 0 bridgehead atoms. The topological polar surface area (TPSA) is 104 Å². The van der Waals surface area contributed by atoms with Crippen LogP contribution in [0.3, 0.4) is 0 Å². The number of fused-ring (bicyclic) bond motifs is 1. The molecule has 0 saturated heterocycles. The molecule has 4 aromatic carbocycles. The molecule has 4 N–H and O–H groups in total. The summed E-state index contributed by atoms with van der Waals surface area (Å²) in [7, 11) is 1.65. The smallest absolute Gasteiger partial charge is 0.248 e. The van der Waals surface area contributed by atoms with E-state index in [9.17, 15) is 15.0 Å². The fourth-order valence-electron chi connectivity index (χ4n) is 4.24. The number of anilines is 1. The number of methoxy groups -OCH3 is 1. The molecule has 1 atom stereocenters. The molecule has 7 nitrogen and oxygen atoms in total. The zero-order valence-corrected chi connectivity index (χ0v) is 20.1. The molecule has 7 heteroatoms. The van der Waals surface area contributed by atoms with E-state index in [0.717, 1.165) is 22.6 Å². The van der Waals surface area contributed by atoms with Gasteiger partial charge in [0.15, 0.2) is 0 Å². The minimum Gasteiger partial charge on any atom is -0.506 e. The highest BCUT2D eigenvalue weighted by Gasteiger charge is 2.14. The van der Waals surface area contributed by atoms with Crippen LogP contribution >= 0.6 is 0 Å². The molecule has 1 heterocycles. The molecular weight excluding hydrogens is 468 g/mol. The summed E-state index contributed by atoms with van der Waals surface area (Å²) in [6.45, 7) is 0.234. The molecule has 0 amide bonds. The third-order valence-corrected chi connectivity index (χ3v) is 6.11. The van der Waals surface area contributed by atoms with Gasteiger partial charge in [0.25, 0.3) is 0 Å². The number of phenolic OH excluding ortho intramolecular Hbond substituents is 1. The highest BCUT2D eigenvalue weighted by atomic mass is 16.5. The van der Waals surface area contributed by atoms with Crippen molar-refractivity contribution in [2.45, 2.75) is 6.10 Å². The Hall–Kier alpha value is -4.75. The van der Waals surface area contributed by atoms with Gasteiger partial charge in [0.1, 0.15) is 23.0 Å². The normalized spacial score (nSPS) is 11.7. The number of aliphatic hydroxyl groups excluding tert-OH is 1. The zero-order valence-electron chi connectivity index (χ0n) is 20.1. The molecule has 5 aromatic rings. The van der Waals surface area contributed by atoms with E-state index in [0.29, 0.717) is 28.0 Å². The number of hydrogen-bond donors (Lipinski definition) is 4. The van der Waals surface area contributed by atoms with E-state index < -0.39 is 6.10 Å². The third kappa shape index (κ3) is 5.27. The number of nitrogens with one attached hydrogen (secondary N) is 2. The average molecular weight is 495 g/mol. The predicted molar refractivity (Wildman–Crippen MR) is 145 cm³/mol. The molecule has 1 aromatic heterocycles. The van der Waals surface area contributed by atoms with Crippen molar-refractivity contribution in [2.75, 3.05) is 19.0 Å². The second-order valence-electron chi connectivity index (χ2n) is 8.54. The average Bonchev–Trinajstić information content (AvgIpc) is 2.93. The highest BCUT2D eigenvalue weighted by Crippen LogP contribution is 2.35. The van der Waals surface area contributed by atoms with E-state index in [-0.39, 0.29) is 17.9 Å². The minimum atomic E-state index is -0.861. The Balaban J connectivity index is 1.27. The minimum absolute atomic E-state index is 0.0417. The zero-order chi connectivity index (χ0) is 25.8. The van der Waals surface area contributed by atoms with Crippen molar-refractivity contribution in [1.29, 1.82) is 0 Å². The number of benzene rings is 4. The van der Waals surface area contributed by atoms with Crippen LogP contribution in [0, 0.1) is 0 Å². The molecule has 186 valence electrons. The van der Waals surface area contributed by atoms with E-state index >= 15 is 0 Å². The number of aromatic hydroxyl groups is 1. The first-order chi connectivity index (χ1) is 18.0. The Morgan fingerprint density at radius 3 is 2.41 bits per heavy atom.